The quantitative estimate of drug-likeness (QED) is 0.836. The molecule has 2 aromatic heterocycles. The summed E-state index contributed by atoms with van der Waals surface area (Å²) in [4.78, 5) is 26.0. The van der Waals surface area contributed by atoms with Gasteiger partial charge in [-0.3, -0.25) is 0 Å². The van der Waals surface area contributed by atoms with E-state index in [2.05, 4.69) is 21.4 Å². The average molecular weight is 325 g/mol. The van der Waals surface area contributed by atoms with Gasteiger partial charge in [0, 0.05) is 31.0 Å². The molecule has 4 rings (SSSR count). The molecule has 7 nitrogen and oxygen atoms in total. The third-order valence-electron chi connectivity index (χ3n) is 4.98. The first-order valence-corrected chi connectivity index (χ1v) is 8.10. The Labute approximate surface area is 139 Å². The van der Waals surface area contributed by atoms with E-state index in [9.17, 15) is 9.90 Å². The maximum absolute atomic E-state index is 11.2. The van der Waals surface area contributed by atoms with Crippen LogP contribution in [0.5, 0.6) is 0 Å². The number of nitrogens with zero attached hydrogens (tertiary/aromatic N) is 4. The van der Waals surface area contributed by atoms with Crippen LogP contribution in [0.15, 0.2) is 24.5 Å². The summed E-state index contributed by atoms with van der Waals surface area (Å²) in [5.41, 5.74) is 2.78. The molecule has 0 saturated carbocycles. The Hall–Kier alpha value is -2.70. The Bertz CT molecular complexity index is 795. The van der Waals surface area contributed by atoms with Gasteiger partial charge >= 0.3 is 6.09 Å². The molecule has 2 N–H and O–H groups in total. The smallest absolute Gasteiger partial charge is 0.407 e. The number of hydrogen-bond acceptors (Lipinski definition) is 5. The van der Waals surface area contributed by atoms with Crippen molar-refractivity contribution in [3.8, 4) is 11.4 Å². The number of rotatable bonds is 1. The van der Waals surface area contributed by atoms with E-state index >= 15 is 0 Å². The third-order valence-corrected chi connectivity index (χ3v) is 4.98. The van der Waals surface area contributed by atoms with E-state index in [4.69, 9.17) is 4.98 Å². The molecule has 1 amide bonds. The second-order valence-electron chi connectivity index (χ2n) is 6.56. The summed E-state index contributed by atoms with van der Waals surface area (Å²) in [7, 11) is 0. The van der Waals surface area contributed by atoms with Crippen LogP contribution in [-0.4, -0.2) is 49.7 Å². The van der Waals surface area contributed by atoms with Gasteiger partial charge in [0.05, 0.1) is 11.2 Å². The third kappa shape index (κ3) is 2.46. The van der Waals surface area contributed by atoms with Crippen molar-refractivity contribution >= 4 is 11.9 Å². The predicted molar refractivity (Wildman–Crippen MR) is 88.9 cm³/mol. The Morgan fingerprint density at radius 2 is 2.12 bits per heavy atom. The van der Waals surface area contributed by atoms with Crippen LogP contribution >= 0.6 is 0 Å². The van der Waals surface area contributed by atoms with E-state index in [1.165, 1.54) is 4.90 Å². The zero-order valence-corrected chi connectivity index (χ0v) is 13.5. The molecule has 0 aromatic carbocycles. The minimum absolute atomic E-state index is 0.185. The fourth-order valence-electron chi connectivity index (χ4n) is 3.64. The van der Waals surface area contributed by atoms with E-state index in [-0.39, 0.29) is 5.54 Å². The molecule has 2 aromatic rings. The van der Waals surface area contributed by atoms with Gasteiger partial charge in [-0.15, -0.1) is 0 Å². The van der Waals surface area contributed by atoms with E-state index in [1.807, 2.05) is 6.92 Å². The van der Waals surface area contributed by atoms with Gasteiger partial charge in [0.2, 0.25) is 0 Å². The van der Waals surface area contributed by atoms with Crippen LogP contribution in [-0.2, 0) is 6.42 Å². The van der Waals surface area contributed by atoms with Gasteiger partial charge in [0.25, 0.3) is 0 Å². The summed E-state index contributed by atoms with van der Waals surface area (Å²) in [5, 5.41) is 12.7. The second-order valence-corrected chi connectivity index (χ2v) is 6.56. The molecule has 24 heavy (non-hydrogen) atoms. The summed E-state index contributed by atoms with van der Waals surface area (Å²) in [5.74, 6) is 1.55. The largest absolute Gasteiger partial charge is 0.465 e. The van der Waals surface area contributed by atoms with Crippen LogP contribution in [0.1, 0.15) is 24.1 Å². The predicted octanol–water partition coefficient (Wildman–Crippen LogP) is 2.33. The highest BCUT2D eigenvalue weighted by Gasteiger charge is 2.42. The number of nitrogens with one attached hydrogen (secondary N) is 1. The number of pyridine rings is 1. The van der Waals surface area contributed by atoms with Crippen LogP contribution in [0.3, 0.4) is 0 Å². The fourth-order valence-corrected chi connectivity index (χ4v) is 3.64. The van der Waals surface area contributed by atoms with Crippen LogP contribution in [0.4, 0.5) is 10.6 Å². The Balaban J connectivity index is 1.64. The lowest BCUT2D eigenvalue weighted by Crippen LogP contribution is -2.45. The maximum atomic E-state index is 11.2. The Morgan fingerprint density at radius 1 is 1.33 bits per heavy atom. The first-order valence-electron chi connectivity index (χ1n) is 8.10. The number of fused-ring (bicyclic) bond motifs is 1. The molecule has 2 aliphatic heterocycles. The van der Waals surface area contributed by atoms with Crippen molar-refractivity contribution in [2.24, 2.45) is 0 Å². The molecule has 0 aliphatic carbocycles. The van der Waals surface area contributed by atoms with Crippen molar-refractivity contribution < 1.29 is 9.90 Å². The number of anilines is 1. The average Bonchev–Trinajstić information content (AvgIpc) is 2.99. The number of aromatic nitrogens is 3. The highest BCUT2D eigenvalue weighted by Crippen LogP contribution is 2.37. The number of aryl methyl sites for hydroxylation is 2. The fraction of sp³-hybridized carbons (Fsp3) is 0.412. The first-order chi connectivity index (χ1) is 11.6. The van der Waals surface area contributed by atoms with E-state index in [0.717, 1.165) is 41.9 Å². The van der Waals surface area contributed by atoms with Crippen molar-refractivity contribution in [1.29, 1.82) is 0 Å². The molecule has 4 heterocycles. The van der Waals surface area contributed by atoms with Crippen LogP contribution < -0.4 is 5.32 Å². The Morgan fingerprint density at radius 3 is 2.83 bits per heavy atom. The zero-order valence-electron chi connectivity index (χ0n) is 13.5. The summed E-state index contributed by atoms with van der Waals surface area (Å²) < 4.78 is 0. The number of likely N-dealkylation sites (tertiary alicyclic amines) is 1. The Kier molecular flexibility index (Phi) is 3.37. The monoisotopic (exact) mass is 325 g/mol. The highest BCUT2D eigenvalue weighted by atomic mass is 16.4. The van der Waals surface area contributed by atoms with Crippen molar-refractivity contribution in [1.82, 2.24) is 19.9 Å². The van der Waals surface area contributed by atoms with Crippen molar-refractivity contribution in [3.05, 3.63) is 35.8 Å². The number of carboxylic acid groups (broad SMARTS) is 1. The molecule has 2 aliphatic rings. The summed E-state index contributed by atoms with van der Waals surface area (Å²) >= 11 is 0. The van der Waals surface area contributed by atoms with Crippen molar-refractivity contribution in [2.75, 3.05) is 18.4 Å². The molecule has 1 saturated heterocycles. The van der Waals surface area contributed by atoms with E-state index in [0.29, 0.717) is 18.9 Å². The molecule has 1 atom stereocenters. The molecule has 1 unspecified atom stereocenters. The number of amides is 1. The summed E-state index contributed by atoms with van der Waals surface area (Å²) in [6, 6.07) is 3.90. The van der Waals surface area contributed by atoms with Crippen LogP contribution in [0.25, 0.3) is 11.4 Å². The second kappa shape index (κ2) is 5.43. The topological polar surface area (TPSA) is 91.2 Å². The van der Waals surface area contributed by atoms with Crippen molar-refractivity contribution in [3.63, 3.8) is 0 Å². The number of hydrogen-bond donors (Lipinski definition) is 2. The highest BCUT2D eigenvalue weighted by molar-refractivity contribution is 5.67. The summed E-state index contributed by atoms with van der Waals surface area (Å²) in [6.45, 7) is 3.05. The van der Waals surface area contributed by atoms with Gasteiger partial charge in [0.15, 0.2) is 5.82 Å². The lowest BCUT2D eigenvalue weighted by atomic mass is 9.86. The standard InChI is InChI=1S/C17H19N5O2/c1-11-13(15-18-6-2-7-19-15)9-12-3-4-17(21-14(12)20-11)5-8-22(10-17)16(23)24/h2,6-7,9H,3-5,8,10H2,1H3,(H,20,21)(H,23,24). The van der Waals surface area contributed by atoms with E-state index < -0.39 is 6.09 Å². The lowest BCUT2D eigenvalue weighted by molar-refractivity contribution is 0.153. The zero-order chi connectivity index (χ0) is 16.7. The molecule has 7 heteroatoms. The molecule has 0 radical (unpaired) electrons. The SMILES string of the molecule is Cc1nc2c(cc1-c1ncccn1)CCC1(CCN(C(=O)O)C1)N2. The molecular weight excluding hydrogens is 306 g/mol. The molecule has 124 valence electrons. The summed E-state index contributed by atoms with van der Waals surface area (Å²) in [6.07, 6.45) is 5.22. The van der Waals surface area contributed by atoms with Gasteiger partial charge in [-0.25, -0.2) is 19.7 Å². The van der Waals surface area contributed by atoms with E-state index in [1.54, 1.807) is 18.5 Å². The van der Waals surface area contributed by atoms with Gasteiger partial charge in [-0.05, 0) is 43.9 Å². The molecule has 1 spiro atoms. The molecular formula is C17H19N5O2. The minimum atomic E-state index is -0.847. The lowest BCUT2D eigenvalue weighted by Gasteiger charge is -2.36. The van der Waals surface area contributed by atoms with Crippen LogP contribution in [0.2, 0.25) is 0 Å². The van der Waals surface area contributed by atoms with Gasteiger partial charge in [0.1, 0.15) is 5.82 Å². The molecule has 1 fully saturated rings. The van der Waals surface area contributed by atoms with Crippen LogP contribution in [0, 0.1) is 6.92 Å². The maximum Gasteiger partial charge on any atom is 0.407 e. The normalized spacial score (nSPS) is 22.3. The first kappa shape index (κ1) is 14.9. The van der Waals surface area contributed by atoms with Gasteiger partial charge in [-0.2, -0.15) is 0 Å². The number of carbonyl (C=O) groups is 1. The molecule has 0 bridgehead atoms. The minimum Gasteiger partial charge on any atom is -0.465 e. The van der Waals surface area contributed by atoms with Gasteiger partial charge < -0.3 is 15.3 Å². The van der Waals surface area contributed by atoms with Gasteiger partial charge in [-0.1, -0.05) is 0 Å². The van der Waals surface area contributed by atoms with Crippen molar-refractivity contribution in [2.45, 2.75) is 31.7 Å².